The van der Waals surface area contributed by atoms with Gasteiger partial charge in [0.1, 0.15) is 6.61 Å². The Morgan fingerprint density at radius 2 is 1.88 bits per heavy atom. The van der Waals surface area contributed by atoms with Gasteiger partial charge in [0.05, 0.1) is 24.5 Å². The molecule has 0 bridgehead atoms. The Labute approximate surface area is 197 Å². The van der Waals surface area contributed by atoms with Crippen LogP contribution in [0.5, 0.6) is 0 Å². The van der Waals surface area contributed by atoms with Crippen LogP contribution in [-0.2, 0) is 25.5 Å². The number of ether oxygens (including phenoxy) is 1. The van der Waals surface area contributed by atoms with Gasteiger partial charge in [-0.3, -0.25) is 14.4 Å². The second-order valence-corrected chi connectivity index (χ2v) is 9.21. The van der Waals surface area contributed by atoms with Gasteiger partial charge >= 0.3 is 5.97 Å². The smallest absolute Gasteiger partial charge is 0.309 e. The Morgan fingerprint density at radius 1 is 1.15 bits per heavy atom. The second-order valence-electron chi connectivity index (χ2n) is 9.21. The molecule has 0 saturated heterocycles. The van der Waals surface area contributed by atoms with Crippen molar-refractivity contribution >= 4 is 17.8 Å². The molecule has 7 nitrogen and oxygen atoms in total. The fourth-order valence-electron chi connectivity index (χ4n) is 3.75. The Hall–Kier alpha value is -2.67. The molecular formula is C26H38N2O5. The van der Waals surface area contributed by atoms with Gasteiger partial charge in [-0.05, 0) is 44.1 Å². The summed E-state index contributed by atoms with van der Waals surface area (Å²) in [7, 11) is 0. The van der Waals surface area contributed by atoms with Gasteiger partial charge in [-0.2, -0.15) is 0 Å². The molecular weight excluding hydrogens is 420 g/mol. The molecule has 2 rings (SSSR count). The van der Waals surface area contributed by atoms with Crippen molar-refractivity contribution in [2.45, 2.75) is 65.0 Å². The van der Waals surface area contributed by atoms with Crippen LogP contribution in [0.2, 0.25) is 0 Å². The number of hydrogen-bond acceptors (Lipinski definition) is 5. The molecule has 1 aromatic carbocycles. The summed E-state index contributed by atoms with van der Waals surface area (Å²) in [6.07, 6.45) is 6.28. The van der Waals surface area contributed by atoms with Gasteiger partial charge in [-0.15, -0.1) is 0 Å². The van der Waals surface area contributed by atoms with Crippen molar-refractivity contribution in [2.24, 2.45) is 17.8 Å². The van der Waals surface area contributed by atoms with E-state index in [1.54, 1.807) is 6.92 Å². The van der Waals surface area contributed by atoms with E-state index in [4.69, 9.17) is 9.84 Å². The molecule has 0 radical (unpaired) electrons. The number of aliphatic hydroxyl groups excluding tert-OH is 1. The predicted molar refractivity (Wildman–Crippen MR) is 127 cm³/mol. The average molecular weight is 459 g/mol. The van der Waals surface area contributed by atoms with E-state index in [-0.39, 0.29) is 61.3 Å². The number of allylic oxidation sites excluding steroid dienone is 2. The van der Waals surface area contributed by atoms with Crippen LogP contribution < -0.4 is 10.6 Å². The molecule has 0 spiro atoms. The van der Waals surface area contributed by atoms with Crippen LogP contribution in [0.1, 0.15) is 52.0 Å². The van der Waals surface area contributed by atoms with Gasteiger partial charge < -0.3 is 20.5 Å². The number of aliphatic hydroxyl groups is 1. The van der Waals surface area contributed by atoms with Crippen LogP contribution in [0.4, 0.5) is 0 Å². The summed E-state index contributed by atoms with van der Waals surface area (Å²) < 4.78 is 5.66. The molecule has 0 aliphatic carbocycles. The van der Waals surface area contributed by atoms with Crippen LogP contribution in [-0.4, -0.2) is 48.2 Å². The minimum atomic E-state index is -0.537. The molecule has 0 aromatic heterocycles. The molecule has 3 N–H and O–H groups in total. The molecule has 4 unspecified atom stereocenters. The van der Waals surface area contributed by atoms with Crippen LogP contribution in [0, 0.1) is 17.8 Å². The van der Waals surface area contributed by atoms with Crippen LogP contribution in [0.3, 0.4) is 0 Å². The fraction of sp³-hybridized carbons (Fsp3) is 0.577. The number of rotatable bonds is 7. The predicted octanol–water partition coefficient (Wildman–Crippen LogP) is 2.77. The number of nitrogens with one attached hydrogen (secondary N) is 2. The first-order valence-electron chi connectivity index (χ1n) is 11.9. The van der Waals surface area contributed by atoms with Crippen LogP contribution in [0.15, 0.2) is 42.5 Å². The molecule has 182 valence electrons. The van der Waals surface area contributed by atoms with Gasteiger partial charge in [0.15, 0.2) is 0 Å². The zero-order valence-corrected chi connectivity index (χ0v) is 20.0. The maximum absolute atomic E-state index is 13.0. The molecule has 0 saturated carbocycles. The largest absolute Gasteiger partial charge is 0.463 e. The van der Waals surface area contributed by atoms with Gasteiger partial charge in [0.2, 0.25) is 11.8 Å². The lowest BCUT2D eigenvalue weighted by molar-refractivity contribution is -0.150. The van der Waals surface area contributed by atoms with Crippen molar-refractivity contribution in [2.75, 3.05) is 13.2 Å². The first kappa shape index (κ1) is 26.6. The number of esters is 1. The van der Waals surface area contributed by atoms with E-state index in [2.05, 4.69) is 10.6 Å². The maximum Gasteiger partial charge on any atom is 0.309 e. The zero-order chi connectivity index (χ0) is 24.2. The normalized spacial score (nSPS) is 23.5. The van der Waals surface area contributed by atoms with E-state index in [0.717, 1.165) is 5.56 Å². The molecule has 1 heterocycles. The summed E-state index contributed by atoms with van der Waals surface area (Å²) in [4.78, 5) is 38.2. The topological polar surface area (TPSA) is 105 Å². The quantitative estimate of drug-likeness (QED) is 0.431. The highest BCUT2D eigenvalue weighted by Gasteiger charge is 2.28. The number of benzene rings is 1. The summed E-state index contributed by atoms with van der Waals surface area (Å²) in [6.45, 7) is 5.57. The highest BCUT2D eigenvalue weighted by molar-refractivity contribution is 5.86. The van der Waals surface area contributed by atoms with Crippen LogP contribution in [0.25, 0.3) is 0 Å². The molecule has 0 fully saturated rings. The summed E-state index contributed by atoms with van der Waals surface area (Å²) in [5, 5.41) is 14.8. The van der Waals surface area contributed by atoms with Crippen molar-refractivity contribution in [3.63, 3.8) is 0 Å². The number of amides is 2. The first-order valence-corrected chi connectivity index (χ1v) is 11.9. The van der Waals surface area contributed by atoms with Crippen molar-refractivity contribution in [1.82, 2.24) is 10.6 Å². The fourth-order valence-corrected chi connectivity index (χ4v) is 3.75. The first-order chi connectivity index (χ1) is 15.8. The summed E-state index contributed by atoms with van der Waals surface area (Å²) in [5.41, 5.74) is 1.09. The highest BCUT2D eigenvalue weighted by atomic mass is 16.5. The number of carbonyl (C=O) groups is 3. The SMILES string of the molecule is CC(CO)NC(=O)CC1CC=CCCC(Cc2ccccc2)C(=O)OCC(C(C)C)NC1=O. The number of carbonyl (C=O) groups excluding carboxylic acids is 3. The monoisotopic (exact) mass is 458 g/mol. The Kier molecular flexibility index (Phi) is 11.1. The maximum atomic E-state index is 13.0. The summed E-state index contributed by atoms with van der Waals surface area (Å²) in [5.74, 6) is -1.50. The average Bonchev–Trinajstić information content (AvgIpc) is 2.80. The Morgan fingerprint density at radius 3 is 2.55 bits per heavy atom. The Bertz CT molecular complexity index is 793. The molecule has 4 atom stereocenters. The molecule has 1 aromatic rings. The van der Waals surface area contributed by atoms with Crippen molar-refractivity contribution in [3.8, 4) is 0 Å². The van der Waals surface area contributed by atoms with Gasteiger partial charge in [0, 0.05) is 12.5 Å². The van der Waals surface area contributed by atoms with Crippen molar-refractivity contribution in [1.29, 1.82) is 0 Å². The third-order valence-electron chi connectivity index (χ3n) is 5.95. The Balaban J connectivity index is 2.14. The van der Waals surface area contributed by atoms with Gasteiger partial charge in [-0.1, -0.05) is 56.3 Å². The van der Waals surface area contributed by atoms with E-state index in [1.165, 1.54) is 0 Å². The molecule has 33 heavy (non-hydrogen) atoms. The van der Waals surface area contributed by atoms with Crippen molar-refractivity contribution < 1.29 is 24.2 Å². The molecule has 7 heteroatoms. The van der Waals surface area contributed by atoms with E-state index in [0.29, 0.717) is 25.7 Å². The number of cyclic esters (lactones) is 1. The van der Waals surface area contributed by atoms with E-state index >= 15 is 0 Å². The van der Waals surface area contributed by atoms with E-state index in [9.17, 15) is 14.4 Å². The van der Waals surface area contributed by atoms with Gasteiger partial charge in [-0.25, -0.2) is 0 Å². The lowest BCUT2D eigenvalue weighted by Crippen LogP contribution is -2.46. The molecule has 1 aliphatic rings. The zero-order valence-electron chi connectivity index (χ0n) is 20.0. The third kappa shape index (κ3) is 9.38. The van der Waals surface area contributed by atoms with E-state index in [1.807, 2.05) is 56.3 Å². The summed E-state index contributed by atoms with van der Waals surface area (Å²) >= 11 is 0. The number of hydrogen-bond donors (Lipinski definition) is 3. The van der Waals surface area contributed by atoms with Crippen LogP contribution >= 0.6 is 0 Å². The second kappa shape index (κ2) is 13.8. The molecule has 1 aliphatic heterocycles. The lowest BCUT2D eigenvalue weighted by Gasteiger charge is -2.25. The van der Waals surface area contributed by atoms with Gasteiger partial charge in [0.25, 0.3) is 0 Å². The minimum Gasteiger partial charge on any atom is -0.463 e. The minimum absolute atomic E-state index is 0.0295. The van der Waals surface area contributed by atoms with E-state index < -0.39 is 5.92 Å². The van der Waals surface area contributed by atoms with Crippen molar-refractivity contribution in [3.05, 3.63) is 48.0 Å². The molecule has 2 amide bonds. The lowest BCUT2D eigenvalue weighted by atomic mass is 9.94. The summed E-state index contributed by atoms with van der Waals surface area (Å²) in [6, 6.07) is 9.18. The standard InChI is InChI=1S/C26H38N2O5/c1-18(2)23-17-33-26(32)22(14-20-10-6-4-7-11-20)13-9-5-8-12-21(25(31)28-23)15-24(30)27-19(3)16-29/h4-8,10-11,18-19,21-23,29H,9,12-17H2,1-3H3,(H,27,30)(H,28,31). The highest BCUT2D eigenvalue weighted by Crippen LogP contribution is 2.19. The third-order valence-corrected chi connectivity index (χ3v) is 5.95.